The zero-order valence-corrected chi connectivity index (χ0v) is 23.3. The van der Waals surface area contributed by atoms with Gasteiger partial charge in [0.25, 0.3) is 10.0 Å². The molecule has 204 valence electrons. The molecule has 0 N–H and O–H groups in total. The molecule has 0 saturated carbocycles. The third-order valence-electron chi connectivity index (χ3n) is 6.60. The van der Waals surface area contributed by atoms with Gasteiger partial charge in [-0.05, 0) is 73.5 Å². The number of nitrogens with zero attached hydrogens (tertiary/aromatic N) is 3. The summed E-state index contributed by atoms with van der Waals surface area (Å²) in [6.07, 6.45) is 2.68. The standard InChI is InChI=1S/C27H26ClN3O6S2/c28-21-10-12-22(13-11-21)31(26-24-6-2-3-7-25(24)38(33,34)29-26)18-19-37-27(32)20-8-14-23(15-9-20)39(35,36)30-16-4-1-5-17-30/h2-3,6-15H,1,4-5,16-19H2. The van der Waals surface area contributed by atoms with Gasteiger partial charge in [0.15, 0.2) is 5.84 Å². The van der Waals surface area contributed by atoms with Gasteiger partial charge in [-0.2, -0.15) is 12.7 Å². The fraction of sp³-hybridized carbons (Fsp3) is 0.259. The van der Waals surface area contributed by atoms with Crippen LogP contribution in [0.3, 0.4) is 0 Å². The van der Waals surface area contributed by atoms with E-state index in [-0.39, 0.29) is 34.3 Å². The molecule has 3 aromatic rings. The molecule has 3 aromatic carbocycles. The highest BCUT2D eigenvalue weighted by molar-refractivity contribution is 7.90. The summed E-state index contributed by atoms with van der Waals surface area (Å²) in [6.45, 7) is 1.01. The van der Waals surface area contributed by atoms with Crippen LogP contribution < -0.4 is 4.90 Å². The van der Waals surface area contributed by atoms with Gasteiger partial charge in [-0.3, -0.25) is 0 Å². The lowest BCUT2D eigenvalue weighted by atomic mass is 10.1. The van der Waals surface area contributed by atoms with Crippen molar-refractivity contribution in [3.05, 3.63) is 88.9 Å². The first-order chi connectivity index (χ1) is 18.7. The van der Waals surface area contributed by atoms with E-state index in [4.69, 9.17) is 16.3 Å². The van der Waals surface area contributed by atoms with Crippen LogP contribution in [0.1, 0.15) is 35.2 Å². The number of carbonyl (C=O) groups excluding carboxylic acids is 1. The Hall–Kier alpha value is -3.25. The lowest BCUT2D eigenvalue weighted by Crippen LogP contribution is -2.35. The Balaban J connectivity index is 1.31. The fourth-order valence-electron chi connectivity index (χ4n) is 4.59. The Bertz CT molecular complexity index is 1620. The van der Waals surface area contributed by atoms with Crippen LogP contribution in [0.4, 0.5) is 5.69 Å². The van der Waals surface area contributed by atoms with E-state index in [1.165, 1.54) is 34.6 Å². The Kier molecular flexibility index (Phi) is 7.77. The monoisotopic (exact) mass is 587 g/mol. The lowest BCUT2D eigenvalue weighted by Gasteiger charge is -2.26. The molecular formula is C27H26ClN3O6S2. The second-order valence-electron chi connectivity index (χ2n) is 9.14. The number of benzene rings is 3. The van der Waals surface area contributed by atoms with Gasteiger partial charge in [-0.1, -0.05) is 30.2 Å². The second-order valence-corrected chi connectivity index (χ2v) is 13.1. The van der Waals surface area contributed by atoms with Gasteiger partial charge in [0.1, 0.15) is 11.5 Å². The number of halogens is 1. The molecule has 2 aliphatic heterocycles. The zero-order valence-electron chi connectivity index (χ0n) is 20.9. The van der Waals surface area contributed by atoms with Gasteiger partial charge in [0.2, 0.25) is 10.0 Å². The Morgan fingerprint density at radius 1 is 0.949 bits per heavy atom. The number of sulfonamides is 2. The molecule has 0 unspecified atom stereocenters. The maximum atomic E-state index is 12.9. The van der Waals surface area contributed by atoms with Crippen molar-refractivity contribution in [2.45, 2.75) is 29.1 Å². The van der Waals surface area contributed by atoms with Crippen molar-refractivity contribution in [3.63, 3.8) is 0 Å². The summed E-state index contributed by atoms with van der Waals surface area (Å²) in [5.41, 5.74) is 1.27. The molecule has 0 atom stereocenters. The van der Waals surface area contributed by atoms with Gasteiger partial charge in [-0.15, -0.1) is 4.40 Å². The summed E-state index contributed by atoms with van der Waals surface area (Å²) in [5.74, 6) is -0.411. The fourth-order valence-corrected chi connectivity index (χ4v) is 7.45. The van der Waals surface area contributed by atoms with E-state index in [1.807, 2.05) is 0 Å². The van der Waals surface area contributed by atoms with Gasteiger partial charge in [-0.25, -0.2) is 13.2 Å². The molecule has 0 spiro atoms. The molecule has 9 nitrogen and oxygen atoms in total. The lowest BCUT2D eigenvalue weighted by molar-refractivity contribution is 0.0517. The van der Waals surface area contributed by atoms with Crippen molar-refractivity contribution >= 4 is 49.1 Å². The van der Waals surface area contributed by atoms with Crippen LogP contribution >= 0.6 is 11.6 Å². The molecule has 0 radical (unpaired) electrons. The quantitative estimate of drug-likeness (QED) is 0.378. The summed E-state index contributed by atoms with van der Waals surface area (Å²) in [5, 5.41) is 0.511. The molecular weight excluding hydrogens is 562 g/mol. The van der Waals surface area contributed by atoms with Gasteiger partial charge < -0.3 is 9.64 Å². The number of amidine groups is 1. The van der Waals surface area contributed by atoms with E-state index in [2.05, 4.69) is 4.40 Å². The molecule has 2 aliphatic rings. The van der Waals surface area contributed by atoms with Crippen molar-refractivity contribution in [3.8, 4) is 0 Å². The number of piperidine rings is 1. The molecule has 0 amide bonds. The number of esters is 1. The van der Waals surface area contributed by atoms with Crippen LogP contribution in [-0.2, 0) is 24.8 Å². The third-order valence-corrected chi connectivity index (χ3v) is 10.1. The minimum absolute atomic E-state index is 0.0868. The van der Waals surface area contributed by atoms with Crippen molar-refractivity contribution in [2.24, 2.45) is 4.40 Å². The predicted octanol–water partition coefficient (Wildman–Crippen LogP) is 4.33. The molecule has 0 aliphatic carbocycles. The van der Waals surface area contributed by atoms with Gasteiger partial charge in [0, 0.05) is 29.4 Å². The van der Waals surface area contributed by atoms with Gasteiger partial charge in [0.05, 0.1) is 17.0 Å². The first-order valence-electron chi connectivity index (χ1n) is 12.4. The highest BCUT2D eigenvalue weighted by Gasteiger charge is 2.32. The second kappa shape index (κ2) is 11.1. The SMILES string of the molecule is O=C(OCCN(C1=NS(=O)(=O)c2ccccc21)c1ccc(Cl)cc1)c1ccc(S(=O)(=O)N2CCCCC2)cc1. The summed E-state index contributed by atoms with van der Waals surface area (Å²) in [4.78, 5) is 14.6. The minimum Gasteiger partial charge on any atom is -0.460 e. The van der Waals surface area contributed by atoms with Crippen LogP contribution in [0.25, 0.3) is 0 Å². The molecule has 2 heterocycles. The average Bonchev–Trinajstić information content (AvgIpc) is 3.22. The molecule has 1 fully saturated rings. The van der Waals surface area contributed by atoms with Crippen LogP contribution in [0.5, 0.6) is 0 Å². The Morgan fingerprint density at radius 3 is 2.31 bits per heavy atom. The van der Waals surface area contributed by atoms with Gasteiger partial charge >= 0.3 is 5.97 Å². The predicted molar refractivity (Wildman–Crippen MR) is 148 cm³/mol. The highest BCUT2D eigenvalue weighted by atomic mass is 35.5. The molecule has 5 rings (SSSR count). The van der Waals surface area contributed by atoms with E-state index < -0.39 is 26.0 Å². The average molecular weight is 588 g/mol. The number of ether oxygens (including phenoxy) is 1. The zero-order chi connectivity index (χ0) is 27.6. The van der Waals surface area contributed by atoms with Crippen molar-refractivity contribution in [1.29, 1.82) is 0 Å². The maximum Gasteiger partial charge on any atom is 0.338 e. The molecule has 12 heteroatoms. The van der Waals surface area contributed by atoms with E-state index in [1.54, 1.807) is 47.4 Å². The summed E-state index contributed by atoms with van der Waals surface area (Å²) >= 11 is 6.05. The largest absolute Gasteiger partial charge is 0.460 e. The van der Waals surface area contributed by atoms with Crippen molar-refractivity contribution in [2.75, 3.05) is 31.1 Å². The summed E-state index contributed by atoms with van der Waals surface area (Å²) in [7, 11) is -7.47. The number of fused-ring (bicyclic) bond motifs is 1. The number of hydrogen-bond acceptors (Lipinski definition) is 7. The molecule has 39 heavy (non-hydrogen) atoms. The van der Waals surface area contributed by atoms with Crippen LogP contribution in [0.15, 0.2) is 87.0 Å². The smallest absolute Gasteiger partial charge is 0.338 e. The summed E-state index contributed by atoms with van der Waals surface area (Å²) < 4.78 is 62.0. The molecule has 0 aromatic heterocycles. The Morgan fingerprint density at radius 2 is 1.62 bits per heavy atom. The summed E-state index contributed by atoms with van der Waals surface area (Å²) in [6, 6.07) is 19.0. The van der Waals surface area contributed by atoms with E-state index in [0.717, 1.165) is 19.3 Å². The first kappa shape index (κ1) is 27.3. The normalized spacial score (nSPS) is 16.8. The van der Waals surface area contributed by atoms with Crippen LogP contribution in [-0.4, -0.2) is 59.2 Å². The highest BCUT2D eigenvalue weighted by Crippen LogP contribution is 2.30. The minimum atomic E-state index is -3.86. The number of anilines is 1. The third kappa shape index (κ3) is 5.72. The first-order valence-corrected chi connectivity index (χ1v) is 15.7. The molecule has 0 bridgehead atoms. The van der Waals surface area contributed by atoms with Crippen molar-refractivity contribution < 1.29 is 26.4 Å². The maximum absolute atomic E-state index is 12.9. The Labute approximate surface area is 232 Å². The van der Waals surface area contributed by atoms with E-state index in [9.17, 15) is 21.6 Å². The molecule has 1 saturated heterocycles. The van der Waals surface area contributed by atoms with E-state index >= 15 is 0 Å². The van der Waals surface area contributed by atoms with Crippen molar-refractivity contribution in [1.82, 2.24) is 4.31 Å². The van der Waals surface area contributed by atoms with Crippen LogP contribution in [0.2, 0.25) is 5.02 Å². The topological polar surface area (TPSA) is 113 Å². The number of hydrogen-bond donors (Lipinski definition) is 0. The van der Waals surface area contributed by atoms with Crippen LogP contribution in [0, 0.1) is 0 Å². The number of carbonyl (C=O) groups is 1. The van der Waals surface area contributed by atoms with E-state index in [0.29, 0.717) is 29.4 Å². The number of rotatable bonds is 7.